The molecule has 3 heterocycles. The maximum absolute atomic E-state index is 4.36. The van der Waals surface area contributed by atoms with Crippen LogP contribution in [-0.2, 0) is 0 Å². The van der Waals surface area contributed by atoms with Crippen molar-refractivity contribution in [1.29, 1.82) is 0 Å². The largest absolute Gasteiger partial charge is 0.361 e. The van der Waals surface area contributed by atoms with E-state index in [4.69, 9.17) is 0 Å². The Kier molecular flexibility index (Phi) is 3.74. The maximum atomic E-state index is 4.36. The summed E-state index contributed by atoms with van der Waals surface area (Å²) in [5.41, 5.74) is 5.19. The second-order valence-electron chi connectivity index (χ2n) is 5.90. The summed E-state index contributed by atoms with van der Waals surface area (Å²) in [6.07, 6.45) is 5.34. The van der Waals surface area contributed by atoms with Gasteiger partial charge in [0.25, 0.3) is 0 Å². The fourth-order valence-corrected chi connectivity index (χ4v) is 3.61. The fourth-order valence-electron chi connectivity index (χ4n) is 2.61. The summed E-state index contributed by atoms with van der Waals surface area (Å²) in [4.78, 5) is 14.2. The van der Waals surface area contributed by atoms with Crippen LogP contribution < -0.4 is 5.43 Å². The first-order valence-electron chi connectivity index (χ1n) is 7.82. The first kappa shape index (κ1) is 14.8. The number of rotatable bonds is 4. The smallest absolute Gasteiger partial charge is 0.158 e. The van der Waals surface area contributed by atoms with Gasteiger partial charge in [-0.3, -0.25) is 5.43 Å². The average molecular weight is 335 g/mol. The van der Waals surface area contributed by atoms with Crippen LogP contribution in [0.2, 0.25) is 0 Å². The van der Waals surface area contributed by atoms with Crippen LogP contribution in [0.25, 0.3) is 21.1 Å². The molecule has 24 heavy (non-hydrogen) atoms. The molecule has 0 amide bonds. The Morgan fingerprint density at radius 1 is 1.21 bits per heavy atom. The first-order chi connectivity index (χ1) is 11.7. The standard InChI is InChI=1S/C18H17N5S/c1-11(2)16-7-14-17(20-10-21-18(14)24-16)23-22-9-12-8-19-15-6-4-3-5-13(12)15/h3-11,19H,1-2H3,(H,20,21,23)/b22-9-. The van der Waals surface area contributed by atoms with Crippen LogP contribution in [0.15, 0.2) is 48.0 Å². The average Bonchev–Trinajstić information content (AvgIpc) is 3.20. The molecule has 0 fully saturated rings. The van der Waals surface area contributed by atoms with Crippen LogP contribution in [0, 0.1) is 0 Å². The van der Waals surface area contributed by atoms with Crippen molar-refractivity contribution in [3.63, 3.8) is 0 Å². The number of thiophene rings is 1. The number of aromatic nitrogens is 3. The summed E-state index contributed by atoms with van der Waals surface area (Å²) >= 11 is 1.70. The topological polar surface area (TPSA) is 66.0 Å². The number of anilines is 1. The number of hydrogen-bond acceptors (Lipinski definition) is 5. The van der Waals surface area contributed by atoms with Crippen molar-refractivity contribution in [2.75, 3.05) is 5.43 Å². The van der Waals surface area contributed by atoms with Gasteiger partial charge in [0.1, 0.15) is 11.2 Å². The Hall–Kier alpha value is -2.73. The lowest BCUT2D eigenvalue weighted by Gasteiger charge is -1.99. The Morgan fingerprint density at radius 3 is 2.96 bits per heavy atom. The molecule has 0 radical (unpaired) electrons. The number of para-hydroxylation sites is 1. The Balaban J connectivity index is 1.62. The fraction of sp³-hybridized carbons (Fsp3) is 0.167. The molecule has 0 aliphatic carbocycles. The highest BCUT2D eigenvalue weighted by Gasteiger charge is 2.10. The lowest BCUT2D eigenvalue weighted by molar-refractivity contribution is 0.890. The molecule has 1 aromatic carbocycles. The van der Waals surface area contributed by atoms with Gasteiger partial charge in [-0.05, 0) is 18.1 Å². The highest BCUT2D eigenvalue weighted by molar-refractivity contribution is 7.18. The molecular weight excluding hydrogens is 318 g/mol. The molecule has 0 atom stereocenters. The third kappa shape index (κ3) is 2.65. The first-order valence-corrected chi connectivity index (χ1v) is 8.63. The molecule has 120 valence electrons. The van der Waals surface area contributed by atoms with Gasteiger partial charge in [0.2, 0.25) is 0 Å². The number of hydrazone groups is 1. The highest BCUT2D eigenvalue weighted by atomic mass is 32.1. The number of benzene rings is 1. The summed E-state index contributed by atoms with van der Waals surface area (Å²) in [5.74, 6) is 1.21. The van der Waals surface area contributed by atoms with E-state index in [2.05, 4.69) is 51.5 Å². The predicted octanol–water partition coefficient (Wildman–Crippen LogP) is 4.74. The van der Waals surface area contributed by atoms with E-state index in [1.54, 1.807) is 17.7 Å². The van der Waals surface area contributed by atoms with E-state index in [-0.39, 0.29) is 0 Å². The van der Waals surface area contributed by atoms with Gasteiger partial charge < -0.3 is 4.98 Å². The molecule has 2 N–H and O–H groups in total. The monoisotopic (exact) mass is 335 g/mol. The minimum absolute atomic E-state index is 0.478. The molecule has 0 saturated heterocycles. The van der Waals surface area contributed by atoms with Gasteiger partial charge in [-0.1, -0.05) is 32.0 Å². The molecule has 3 aromatic heterocycles. The van der Waals surface area contributed by atoms with Crippen LogP contribution in [0.1, 0.15) is 30.2 Å². The number of nitrogens with one attached hydrogen (secondary N) is 2. The molecule has 0 spiro atoms. The summed E-state index contributed by atoms with van der Waals surface area (Å²) in [6, 6.07) is 10.3. The molecule has 0 aliphatic heterocycles. The van der Waals surface area contributed by atoms with Crippen molar-refractivity contribution in [2.45, 2.75) is 19.8 Å². The normalized spacial score (nSPS) is 12.0. The number of aromatic amines is 1. The zero-order chi connectivity index (χ0) is 16.5. The van der Waals surface area contributed by atoms with Gasteiger partial charge in [0.05, 0.1) is 11.6 Å². The molecular formula is C18H17N5S. The lowest BCUT2D eigenvalue weighted by Crippen LogP contribution is -1.94. The van der Waals surface area contributed by atoms with Gasteiger partial charge in [-0.15, -0.1) is 11.3 Å². The van der Waals surface area contributed by atoms with E-state index in [1.165, 1.54) is 4.88 Å². The van der Waals surface area contributed by atoms with Crippen LogP contribution in [-0.4, -0.2) is 21.2 Å². The second kappa shape index (κ2) is 6.05. The van der Waals surface area contributed by atoms with Crippen molar-refractivity contribution < 1.29 is 0 Å². The van der Waals surface area contributed by atoms with E-state index < -0.39 is 0 Å². The summed E-state index contributed by atoms with van der Waals surface area (Å²) in [5, 5.41) is 6.52. The summed E-state index contributed by atoms with van der Waals surface area (Å²) in [6.45, 7) is 4.36. The minimum atomic E-state index is 0.478. The molecule has 4 rings (SSSR count). The molecule has 0 aliphatic rings. The second-order valence-corrected chi connectivity index (χ2v) is 6.97. The van der Waals surface area contributed by atoms with Gasteiger partial charge in [-0.25, -0.2) is 9.97 Å². The summed E-state index contributed by atoms with van der Waals surface area (Å²) < 4.78 is 0. The van der Waals surface area contributed by atoms with Crippen molar-refractivity contribution in [1.82, 2.24) is 15.0 Å². The van der Waals surface area contributed by atoms with E-state index in [1.807, 2.05) is 30.6 Å². The van der Waals surface area contributed by atoms with Gasteiger partial charge in [0, 0.05) is 27.5 Å². The van der Waals surface area contributed by atoms with Gasteiger partial charge in [0.15, 0.2) is 5.82 Å². The van der Waals surface area contributed by atoms with E-state index >= 15 is 0 Å². The van der Waals surface area contributed by atoms with Crippen molar-refractivity contribution in [3.05, 3.63) is 53.3 Å². The zero-order valence-corrected chi connectivity index (χ0v) is 14.3. The molecule has 0 unspecified atom stereocenters. The highest BCUT2D eigenvalue weighted by Crippen LogP contribution is 2.32. The van der Waals surface area contributed by atoms with Crippen molar-refractivity contribution >= 4 is 44.5 Å². The molecule has 5 nitrogen and oxygen atoms in total. The maximum Gasteiger partial charge on any atom is 0.158 e. The van der Waals surface area contributed by atoms with Crippen molar-refractivity contribution in [3.8, 4) is 0 Å². The minimum Gasteiger partial charge on any atom is -0.361 e. The SMILES string of the molecule is CC(C)c1cc2c(N/N=C\c3c[nH]c4ccccc34)ncnc2s1. The van der Waals surface area contributed by atoms with Crippen molar-refractivity contribution in [2.24, 2.45) is 5.10 Å². The lowest BCUT2D eigenvalue weighted by atomic mass is 10.2. The Labute approximate surface area is 143 Å². The third-order valence-corrected chi connectivity index (χ3v) is 5.26. The van der Waals surface area contributed by atoms with Crippen LogP contribution in [0.5, 0.6) is 0 Å². The third-order valence-electron chi connectivity index (χ3n) is 3.91. The molecule has 6 heteroatoms. The zero-order valence-electron chi connectivity index (χ0n) is 13.4. The molecule has 4 aromatic rings. The van der Waals surface area contributed by atoms with Crippen LogP contribution in [0.3, 0.4) is 0 Å². The number of H-pyrrole nitrogens is 1. The predicted molar refractivity (Wildman–Crippen MR) is 101 cm³/mol. The number of nitrogens with zero attached hydrogens (tertiary/aromatic N) is 3. The number of fused-ring (bicyclic) bond motifs is 2. The Morgan fingerprint density at radius 2 is 2.08 bits per heavy atom. The van der Waals surface area contributed by atoms with E-state index in [9.17, 15) is 0 Å². The van der Waals surface area contributed by atoms with E-state index in [0.717, 1.165) is 32.5 Å². The number of hydrogen-bond donors (Lipinski definition) is 2. The molecule has 0 saturated carbocycles. The van der Waals surface area contributed by atoms with Gasteiger partial charge >= 0.3 is 0 Å². The van der Waals surface area contributed by atoms with Gasteiger partial charge in [-0.2, -0.15) is 5.10 Å². The molecule has 0 bridgehead atoms. The quantitative estimate of drug-likeness (QED) is 0.418. The Bertz CT molecular complexity index is 1030. The van der Waals surface area contributed by atoms with Crippen LogP contribution in [0.4, 0.5) is 5.82 Å². The van der Waals surface area contributed by atoms with Crippen LogP contribution >= 0.6 is 11.3 Å². The summed E-state index contributed by atoms with van der Waals surface area (Å²) in [7, 11) is 0. The van der Waals surface area contributed by atoms with E-state index in [0.29, 0.717) is 5.92 Å².